The van der Waals surface area contributed by atoms with Crippen LogP contribution in [0.5, 0.6) is 0 Å². The van der Waals surface area contributed by atoms with Crippen LogP contribution >= 0.6 is 0 Å². The standard InChI is InChI=1S/C21H24N4O3/c1-14(2)25-20-17(12-23-25)10-18(11-22-20)21(27)28-13-19(26)24(4)15(3)16-8-6-5-7-9-16/h5-12,14-15H,13H2,1-4H3. The molecule has 0 aliphatic heterocycles. The molecule has 0 bridgehead atoms. The van der Waals surface area contributed by atoms with Gasteiger partial charge in [-0.3, -0.25) is 4.79 Å². The number of likely N-dealkylation sites (N-methyl/N-ethyl adjacent to an activating group) is 1. The van der Waals surface area contributed by atoms with Crippen LogP contribution in [0, 0.1) is 0 Å². The molecular weight excluding hydrogens is 356 g/mol. The predicted octanol–water partition coefficient (Wildman–Crippen LogP) is 3.39. The molecule has 1 atom stereocenters. The van der Waals surface area contributed by atoms with Crippen LogP contribution in [0.25, 0.3) is 11.0 Å². The lowest BCUT2D eigenvalue weighted by molar-refractivity contribution is -0.135. The predicted molar refractivity (Wildman–Crippen MR) is 106 cm³/mol. The van der Waals surface area contributed by atoms with Gasteiger partial charge in [-0.2, -0.15) is 5.10 Å². The average molecular weight is 380 g/mol. The van der Waals surface area contributed by atoms with E-state index in [1.165, 1.54) is 6.20 Å². The first-order valence-corrected chi connectivity index (χ1v) is 9.19. The van der Waals surface area contributed by atoms with E-state index in [0.29, 0.717) is 11.2 Å². The molecule has 0 aliphatic rings. The fraction of sp³-hybridized carbons (Fsp3) is 0.333. The van der Waals surface area contributed by atoms with Crippen molar-refractivity contribution in [2.45, 2.75) is 32.9 Å². The van der Waals surface area contributed by atoms with E-state index < -0.39 is 5.97 Å². The van der Waals surface area contributed by atoms with Crippen LogP contribution in [-0.4, -0.2) is 45.2 Å². The Morgan fingerprint density at radius 1 is 1.14 bits per heavy atom. The third-order valence-corrected chi connectivity index (χ3v) is 4.74. The molecule has 7 nitrogen and oxygen atoms in total. The van der Waals surface area contributed by atoms with E-state index in [1.807, 2.05) is 51.1 Å². The number of carbonyl (C=O) groups is 2. The van der Waals surface area contributed by atoms with Crippen molar-refractivity contribution in [3.05, 3.63) is 59.9 Å². The molecule has 2 aromatic heterocycles. The minimum atomic E-state index is -0.583. The number of rotatable bonds is 6. The molecule has 1 amide bonds. The van der Waals surface area contributed by atoms with Gasteiger partial charge in [0, 0.05) is 24.7 Å². The van der Waals surface area contributed by atoms with Crippen molar-refractivity contribution in [1.29, 1.82) is 0 Å². The van der Waals surface area contributed by atoms with E-state index in [1.54, 1.807) is 28.9 Å². The topological polar surface area (TPSA) is 77.3 Å². The highest BCUT2D eigenvalue weighted by Crippen LogP contribution is 2.19. The molecule has 146 valence electrons. The van der Waals surface area contributed by atoms with Crippen molar-refractivity contribution in [1.82, 2.24) is 19.7 Å². The summed E-state index contributed by atoms with van der Waals surface area (Å²) in [6, 6.07) is 11.4. The third kappa shape index (κ3) is 4.03. The molecule has 0 fully saturated rings. The van der Waals surface area contributed by atoms with Gasteiger partial charge >= 0.3 is 5.97 Å². The van der Waals surface area contributed by atoms with E-state index in [4.69, 9.17) is 4.74 Å². The fourth-order valence-corrected chi connectivity index (χ4v) is 2.91. The summed E-state index contributed by atoms with van der Waals surface area (Å²) in [4.78, 5) is 30.6. The molecule has 0 spiro atoms. The summed E-state index contributed by atoms with van der Waals surface area (Å²) in [6.07, 6.45) is 3.12. The summed E-state index contributed by atoms with van der Waals surface area (Å²) in [5.41, 5.74) is 2.02. The van der Waals surface area contributed by atoms with E-state index in [9.17, 15) is 9.59 Å². The Hall–Kier alpha value is -3.22. The number of benzene rings is 1. The Labute approximate surface area is 163 Å². The van der Waals surface area contributed by atoms with Crippen LogP contribution in [0.3, 0.4) is 0 Å². The molecule has 3 rings (SSSR count). The number of nitrogens with zero attached hydrogens (tertiary/aromatic N) is 4. The van der Waals surface area contributed by atoms with Crippen molar-refractivity contribution >= 4 is 22.9 Å². The second-order valence-electron chi connectivity index (χ2n) is 6.99. The first-order chi connectivity index (χ1) is 13.4. The van der Waals surface area contributed by atoms with Crippen molar-refractivity contribution < 1.29 is 14.3 Å². The highest BCUT2D eigenvalue weighted by atomic mass is 16.5. The number of hydrogen-bond acceptors (Lipinski definition) is 5. The number of aromatic nitrogens is 3. The molecule has 28 heavy (non-hydrogen) atoms. The molecule has 0 saturated heterocycles. The van der Waals surface area contributed by atoms with Gasteiger partial charge in [0.05, 0.1) is 17.8 Å². The van der Waals surface area contributed by atoms with Crippen molar-refractivity contribution in [2.75, 3.05) is 13.7 Å². The van der Waals surface area contributed by atoms with E-state index >= 15 is 0 Å². The maximum Gasteiger partial charge on any atom is 0.340 e. The number of amides is 1. The van der Waals surface area contributed by atoms with Gasteiger partial charge in [0.1, 0.15) is 0 Å². The van der Waals surface area contributed by atoms with Gasteiger partial charge in [-0.15, -0.1) is 0 Å². The normalized spacial score (nSPS) is 12.2. The second-order valence-corrected chi connectivity index (χ2v) is 6.99. The number of hydrogen-bond donors (Lipinski definition) is 0. The van der Waals surface area contributed by atoms with Crippen LogP contribution in [0.2, 0.25) is 0 Å². The zero-order valence-electron chi connectivity index (χ0n) is 16.5. The molecule has 2 heterocycles. The van der Waals surface area contributed by atoms with Crippen LogP contribution in [0.15, 0.2) is 48.8 Å². The van der Waals surface area contributed by atoms with Crippen LogP contribution in [0.4, 0.5) is 0 Å². The van der Waals surface area contributed by atoms with E-state index in [2.05, 4.69) is 10.1 Å². The molecule has 1 aromatic carbocycles. The summed E-state index contributed by atoms with van der Waals surface area (Å²) in [7, 11) is 1.70. The monoisotopic (exact) mass is 380 g/mol. The zero-order chi connectivity index (χ0) is 20.3. The van der Waals surface area contributed by atoms with Gasteiger partial charge in [0.15, 0.2) is 12.3 Å². The summed E-state index contributed by atoms with van der Waals surface area (Å²) < 4.78 is 6.99. The summed E-state index contributed by atoms with van der Waals surface area (Å²) in [5, 5.41) is 5.04. The fourth-order valence-electron chi connectivity index (χ4n) is 2.91. The number of carbonyl (C=O) groups excluding carboxylic acids is 2. The minimum absolute atomic E-state index is 0.118. The Bertz CT molecular complexity index is 982. The highest BCUT2D eigenvalue weighted by molar-refractivity contribution is 5.94. The minimum Gasteiger partial charge on any atom is -0.452 e. The van der Waals surface area contributed by atoms with Gasteiger partial charge in [-0.25, -0.2) is 14.5 Å². The van der Waals surface area contributed by atoms with Crippen molar-refractivity contribution in [2.24, 2.45) is 0 Å². The lowest BCUT2D eigenvalue weighted by Crippen LogP contribution is -2.33. The lowest BCUT2D eigenvalue weighted by Gasteiger charge is -2.25. The molecule has 1 unspecified atom stereocenters. The Balaban J connectivity index is 1.63. The lowest BCUT2D eigenvalue weighted by atomic mass is 10.1. The maximum absolute atomic E-state index is 12.4. The number of ether oxygens (including phenoxy) is 1. The summed E-state index contributed by atoms with van der Waals surface area (Å²) in [6.45, 7) is 5.62. The summed E-state index contributed by atoms with van der Waals surface area (Å²) in [5.74, 6) is -0.854. The van der Waals surface area contributed by atoms with Gasteiger partial charge < -0.3 is 9.64 Å². The first kappa shape index (κ1) is 19.5. The second kappa shape index (κ2) is 8.21. The smallest absolute Gasteiger partial charge is 0.340 e. The van der Waals surface area contributed by atoms with Gasteiger partial charge in [-0.1, -0.05) is 30.3 Å². The van der Waals surface area contributed by atoms with Crippen molar-refractivity contribution in [3.63, 3.8) is 0 Å². The SMILES string of the molecule is CC(c1ccccc1)N(C)C(=O)COC(=O)c1cnc2c(cnn2C(C)C)c1. The molecule has 0 saturated carbocycles. The van der Waals surface area contributed by atoms with Crippen molar-refractivity contribution in [3.8, 4) is 0 Å². The molecular formula is C21H24N4O3. The van der Waals surface area contributed by atoms with Crippen LogP contribution in [-0.2, 0) is 9.53 Å². The third-order valence-electron chi connectivity index (χ3n) is 4.74. The molecule has 0 N–H and O–H groups in total. The van der Waals surface area contributed by atoms with Gasteiger partial charge in [0.25, 0.3) is 5.91 Å². The van der Waals surface area contributed by atoms with Crippen LogP contribution < -0.4 is 0 Å². The van der Waals surface area contributed by atoms with Crippen LogP contribution in [0.1, 0.15) is 48.8 Å². The number of fused-ring (bicyclic) bond motifs is 1. The quantitative estimate of drug-likeness (QED) is 0.613. The van der Waals surface area contributed by atoms with Gasteiger partial charge in [0.2, 0.25) is 0 Å². The Kier molecular flexibility index (Phi) is 5.73. The Morgan fingerprint density at radius 3 is 2.54 bits per heavy atom. The summed E-state index contributed by atoms with van der Waals surface area (Å²) >= 11 is 0. The largest absolute Gasteiger partial charge is 0.452 e. The molecule has 0 radical (unpaired) electrons. The maximum atomic E-state index is 12.4. The van der Waals surface area contributed by atoms with E-state index in [0.717, 1.165) is 10.9 Å². The number of pyridine rings is 1. The molecule has 0 aliphatic carbocycles. The highest BCUT2D eigenvalue weighted by Gasteiger charge is 2.20. The average Bonchev–Trinajstić information content (AvgIpc) is 3.14. The first-order valence-electron chi connectivity index (χ1n) is 9.19. The molecule has 3 aromatic rings. The number of esters is 1. The van der Waals surface area contributed by atoms with E-state index in [-0.39, 0.29) is 24.6 Å². The molecule has 7 heteroatoms. The Morgan fingerprint density at radius 2 is 1.86 bits per heavy atom. The van der Waals surface area contributed by atoms with Gasteiger partial charge in [-0.05, 0) is 32.4 Å². The zero-order valence-corrected chi connectivity index (χ0v) is 16.5.